The van der Waals surface area contributed by atoms with Crippen LogP contribution in [0.1, 0.15) is 61.1 Å². The predicted molar refractivity (Wildman–Crippen MR) is 153 cm³/mol. The van der Waals surface area contributed by atoms with E-state index in [4.69, 9.17) is 4.98 Å². The predicted octanol–water partition coefficient (Wildman–Crippen LogP) is 1.75. The van der Waals surface area contributed by atoms with Gasteiger partial charge < -0.3 is 4.90 Å². The van der Waals surface area contributed by atoms with E-state index in [0.29, 0.717) is 24.5 Å². The molecule has 0 radical (unpaired) electrons. The molecular formula is C24H28N10O5S2. The molecule has 1 saturated heterocycles. The van der Waals surface area contributed by atoms with Crippen LogP contribution in [-0.2, 0) is 15.7 Å². The van der Waals surface area contributed by atoms with Crippen LogP contribution >= 0.6 is 11.3 Å². The first-order valence-electron chi connectivity index (χ1n) is 12.6. The second-order valence-corrected chi connectivity index (χ2v) is 12.6. The van der Waals surface area contributed by atoms with Gasteiger partial charge in [0.2, 0.25) is 0 Å². The van der Waals surface area contributed by atoms with Crippen LogP contribution in [0.25, 0.3) is 17.8 Å². The molecule has 4 aromatic heterocycles. The van der Waals surface area contributed by atoms with Crippen molar-refractivity contribution in [1.29, 1.82) is 0 Å². The number of carbonyl (C=O) groups excluding carboxylic acids is 1. The number of pyridine rings is 1. The van der Waals surface area contributed by atoms with E-state index in [1.54, 1.807) is 4.90 Å². The van der Waals surface area contributed by atoms with Crippen molar-refractivity contribution in [3.63, 3.8) is 0 Å². The molecule has 0 spiro atoms. The molecule has 5 rings (SSSR count). The van der Waals surface area contributed by atoms with Gasteiger partial charge in [0, 0.05) is 41.7 Å². The first kappa shape index (κ1) is 28.5. The van der Waals surface area contributed by atoms with Gasteiger partial charge in [-0.1, -0.05) is 20.8 Å². The minimum Gasteiger partial charge on any atom is -0.354 e. The summed E-state index contributed by atoms with van der Waals surface area (Å²) in [4.78, 5) is 37.7. The number of piperidine rings is 1. The van der Waals surface area contributed by atoms with Crippen molar-refractivity contribution in [2.75, 3.05) is 23.3 Å². The Morgan fingerprint density at radius 1 is 1.27 bits per heavy atom. The Morgan fingerprint density at radius 3 is 2.76 bits per heavy atom. The van der Waals surface area contributed by atoms with E-state index in [1.807, 2.05) is 26.2 Å². The van der Waals surface area contributed by atoms with Gasteiger partial charge in [0.15, 0.2) is 11.0 Å². The number of rotatable bonds is 7. The molecule has 1 aliphatic heterocycles. The Hall–Kier alpha value is -4.06. The van der Waals surface area contributed by atoms with Crippen LogP contribution in [0.4, 0.5) is 10.9 Å². The molecule has 0 unspecified atom stereocenters. The smallest absolute Gasteiger partial charge is 0.333 e. The Labute approximate surface area is 238 Å². The number of carbonyl (C=O) groups is 1. The minimum atomic E-state index is -4.42. The lowest BCUT2D eigenvalue weighted by molar-refractivity contribution is 0.102. The quantitative estimate of drug-likeness (QED) is 0.225. The highest BCUT2D eigenvalue weighted by Crippen LogP contribution is 2.27. The summed E-state index contributed by atoms with van der Waals surface area (Å²) >= 11 is 1.33. The maximum atomic E-state index is 13.7. The lowest BCUT2D eigenvalue weighted by atomic mass is 9.93. The Kier molecular flexibility index (Phi) is 7.69. The number of fused-ring (bicyclic) bond motifs is 1. The summed E-state index contributed by atoms with van der Waals surface area (Å²) in [6, 6.07) is 2.42. The third-order valence-electron chi connectivity index (χ3n) is 6.40. The number of H-pyrrole nitrogens is 1. The fraction of sp³-hybridized carbons (Fsp3) is 0.375. The molecule has 1 fully saturated rings. The zero-order valence-electron chi connectivity index (χ0n) is 22.4. The summed E-state index contributed by atoms with van der Waals surface area (Å²) in [5.74, 6) is 0.118. The van der Waals surface area contributed by atoms with Crippen molar-refractivity contribution in [2.45, 2.75) is 45.1 Å². The Morgan fingerprint density at radius 2 is 2.07 bits per heavy atom. The van der Waals surface area contributed by atoms with Crippen LogP contribution in [0.5, 0.6) is 0 Å². The monoisotopic (exact) mass is 600 g/mol. The van der Waals surface area contributed by atoms with E-state index in [-0.39, 0.29) is 40.4 Å². The fourth-order valence-electron chi connectivity index (χ4n) is 4.39. The highest BCUT2D eigenvalue weighted by atomic mass is 32.2. The summed E-state index contributed by atoms with van der Waals surface area (Å²) in [7, 11) is -4.42. The first-order chi connectivity index (χ1) is 19.4. The molecule has 0 saturated carbocycles. The number of thiazole rings is 1. The van der Waals surface area contributed by atoms with E-state index in [0.717, 1.165) is 5.69 Å². The number of nitrogens with one attached hydrogen (secondary N) is 3. The average molecular weight is 601 g/mol. The molecule has 1 amide bonds. The fourth-order valence-corrected chi connectivity index (χ4v) is 5.93. The Balaban J connectivity index is 1.52. The molecule has 5 heterocycles. The molecule has 0 aromatic carbocycles. The summed E-state index contributed by atoms with van der Waals surface area (Å²) in [6.45, 7) is 6.74. The van der Waals surface area contributed by atoms with Gasteiger partial charge in [0.05, 0.1) is 11.3 Å². The van der Waals surface area contributed by atoms with Crippen LogP contribution in [0.3, 0.4) is 0 Å². The number of nitrogens with zero attached hydrogens (tertiary/aromatic N) is 7. The van der Waals surface area contributed by atoms with Crippen molar-refractivity contribution in [2.24, 2.45) is 0 Å². The molecule has 15 nitrogen and oxygen atoms in total. The molecule has 1 atom stereocenters. The molecule has 4 N–H and O–H groups in total. The van der Waals surface area contributed by atoms with Crippen LogP contribution in [0.15, 0.2) is 28.5 Å². The molecule has 0 aliphatic carbocycles. The van der Waals surface area contributed by atoms with Gasteiger partial charge in [-0.2, -0.15) is 18.4 Å². The van der Waals surface area contributed by atoms with Gasteiger partial charge in [-0.25, -0.2) is 9.97 Å². The van der Waals surface area contributed by atoms with Gasteiger partial charge in [-0.15, -0.1) is 21.5 Å². The third kappa shape index (κ3) is 6.64. The molecule has 1 aliphatic rings. The summed E-state index contributed by atoms with van der Waals surface area (Å²) in [6.07, 6.45) is 5.55. The SMILES string of the molecule is CC(C)(C)c1csc(NC(=O)c2ccn3c(=O)c(/C=C/c4nn[nH]n4)c(N4CCC[C@@H](NS(=O)(=O)O)C4)nc3c2)n1. The number of tetrazole rings is 1. The van der Waals surface area contributed by atoms with Gasteiger partial charge in [0.25, 0.3) is 11.5 Å². The summed E-state index contributed by atoms with van der Waals surface area (Å²) in [5, 5.41) is 18.7. The van der Waals surface area contributed by atoms with Gasteiger partial charge in [0.1, 0.15) is 11.5 Å². The number of aromatic amines is 1. The molecular weight excluding hydrogens is 572 g/mol. The van der Waals surface area contributed by atoms with Crippen LogP contribution < -0.4 is 20.5 Å². The van der Waals surface area contributed by atoms with Crippen molar-refractivity contribution >= 4 is 56.3 Å². The van der Waals surface area contributed by atoms with Crippen molar-refractivity contribution in [1.82, 2.24) is 39.7 Å². The molecule has 216 valence electrons. The topological polar surface area (TPSA) is 200 Å². The molecule has 41 heavy (non-hydrogen) atoms. The number of hydrogen-bond acceptors (Lipinski definition) is 11. The van der Waals surface area contributed by atoms with Crippen LogP contribution in [-0.4, -0.2) is 73.0 Å². The summed E-state index contributed by atoms with van der Waals surface area (Å²) < 4.78 is 35.7. The Bertz CT molecular complexity index is 1770. The number of amides is 1. The molecule has 4 aromatic rings. The van der Waals surface area contributed by atoms with Crippen LogP contribution in [0, 0.1) is 0 Å². The minimum absolute atomic E-state index is 0.159. The van der Waals surface area contributed by atoms with Crippen molar-refractivity contribution in [3.05, 3.63) is 56.7 Å². The van der Waals surface area contributed by atoms with E-state index < -0.39 is 27.8 Å². The number of hydrogen-bond donors (Lipinski definition) is 4. The van der Waals surface area contributed by atoms with Crippen molar-refractivity contribution in [3.8, 4) is 0 Å². The second-order valence-electron chi connectivity index (χ2n) is 10.5. The standard InChI is InChI=1S/C24H28N10O5S2/c1-24(2,3)17-13-40-23(25-17)27-21(35)14-8-10-34-19(11-14)26-20(16(22(34)36)6-7-18-28-31-32-29-18)33-9-4-5-15(12-33)30-41(37,38)39/h6-8,10-11,13,15,30H,4-5,9,12H2,1-3H3,(H,25,27,35)(H,37,38,39)(H,28,29,31,32)/b7-6+/t15-/m1/s1. The molecule has 17 heteroatoms. The normalized spacial score (nSPS) is 16.5. The number of aromatic nitrogens is 7. The van der Waals surface area contributed by atoms with Crippen LogP contribution in [0.2, 0.25) is 0 Å². The number of anilines is 2. The van der Waals surface area contributed by atoms with E-state index >= 15 is 0 Å². The first-order valence-corrected chi connectivity index (χ1v) is 14.9. The van der Waals surface area contributed by atoms with Crippen molar-refractivity contribution < 1.29 is 17.8 Å². The van der Waals surface area contributed by atoms with Gasteiger partial charge >= 0.3 is 10.3 Å². The van der Waals surface area contributed by atoms with E-state index in [1.165, 1.54) is 46.2 Å². The van der Waals surface area contributed by atoms with Gasteiger partial charge in [-0.05, 0) is 42.3 Å². The van der Waals surface area contributed by atoms with E-state index in [2.05, 4.69) is 35.6 Å². The highest BCUT2D eigenvalue weighted by Gasteiger charge is 2.27. The zero-order valence-corrected chi connectivity index (χ0v) is 24.0. The second kappa shape index (κ2) is 11.1. The van der Waals surface area contributed by atoms with Gasteiger partial charge in [-0.3, -0.25) is 23.9 Å². The largest absolute Gasteiger partial charge is 0.354 e. The average Bonchev–Trinajstić information content (AvgIpc) is 3.59. The molecule has 0 bridgehead atoms. The zero-order chi connectivity index (χ0) is 29.4. The highest BCUT2D eigenvalue weighted by molar-refractivity contribution is 7.83. The lowest BCUT2D eigenvalue weighted by Crippen LogP contribution is -2.48. The summed E-state index contributed by atoms with van der Waals surface area (Å²) in [5.41, 5.74) is 0.970. The maximum Gasteiger partial charge on any atom is 0.333 e. The lowest BCUT2D eigenvalue weighted by Gasteiger charge is -2.34. The maximum absolute atomic E-state index is 13.7. The third-order valence-corrected chi connectivity index (χ3v) is 7.79. The van der Waals surface area contributed by atoms with E-state index in [9.17, 15) is 22.6 Å².